The number of amides is 1. The molecule has 4 aromatic rings. The molecule has 3 aromatic heterocycles. The van der Waals surface area contributed by atoms with E-state index < -0.39 is 23.3 Å². The summed E-state index contributed by atoms with van der Waals surface area (Å²) in [6.45, 7) is 9.77. The van der Waals surface area contributed by atoms with Crippen molar-refractivity contribution in [1.29, 1.82) is 5.26 Å². The number of nitriles is 1. The summed E-state index contributed by atoms with van der Waals surface area (Å²) in [4.78, 5) is 23.8. The van der Waals surface area contributed by atoms with Crippen molar-refractivity contribution in [3.05, 3.63) is 42.0 Å². The Morgan fingerprint density at radius 3 is 2.69 bits per heavy atom. The minimum absolute atomic E-state index is 0.201. The number of anilines is 1. The number of ether oxygens (including phenoxy) is 3. The molecule has 39 heavy (non-hydrogen) atoms. The van der Waals surface area contributed by atoms with Crippen LogP contribution in [0, 0.1) is 17.1 Å². The summed E-state index contributed by atoms with van der Waals surface area (Å²) in [5.74, 6) is -0.948. The lowest BCUT2D eigenvalue weighted by Gasteiger charge is -2.24. The number of aromatic nitrogens is 4. The highest BCUT2D eigenvalue weighted by molar-refractivity contribution is 6.10. The van der Waals surface area contributed by atoms with E-state index in [1.807, 2.05) is 42.2 Å². The Bertz CT molecular complexity index is 1640. The fourth-order valence-electron chi connectivity index (χ4n) is 4.83. The molecular formula is C28H31FN6O4. The van der Waals surface area contributed by atoms with E-state index in [1.165, 1.54) is 17.0 Å². The van der Waals surface area contributed by atoms with Crippen LogP contribution in [0.5, 0.6) is 0 Å². The van der Waals surface area contributed by atoms with Gasteiger partial charge < -0.3 is 23.3 Å². The van der Waals surface area contributed by atoms with Crippen LogP contribution in [0.3, 0.4) is 0 Å². The normalized spacial score (nSPS) is 17.1. The van der Waals surface area contributed by atoms with Crippen molar-refractivity contribution >= 4 is 34.0 Å². The topological polar surface area (TPSA) is 107 Å². The maximum absolute atomic E-state index is 14.6. The van der Waals surface area contributed by atoms with Crippen LogP contribution >= 0.6 is 0 Å². The predicted octanol–water partition coefficient (Wildman–Crippen LogP) is 5.12. The Morgan fingerprint density at radius 2 is 2.05 bits per heavy atom. The highest BCUT2D eigenvalue weighted by Crippen LogP contribution is 2.37. The molecule has 0 spiro atoms. The molecule has 5 rings (SSSR count). The van der Waals surface area contributed by atoms with Gasteiger partial charge in [-0.25, -0.2) is 19.2 Å². The maximum Gasteiger partial charge on any atom is 0.415 e. The number of pyridine rings is 1. The number of imidazole rings is 1. The van der Waals surface area contributed by atoms with E-state index in [9.17, 15) is 14.4 Å². The Morgan fingerprint density at radius 1 is 1.31 bits per heavy atom. The Balaban J connectivity index is 1.76. The Hall–Kier alpha value is -4.01. The fraction of sp³-hybridized carbons (Fsp3) is 0.429. The second kappa shape index (κ2) is 9.32. The molecule has 1 saturated heterocycles. The average molecular weight is 535 g/mol. The summed E-state index contributed by atoms with van der Waals surface area (Å²) in [5.41, 5.74) is 2.46. The second-order valence-electron chi connectivity index (χ2n) is 11.2. The van der Waals surface area contributed by atoms with E-state index in [2.05, 4.69) is 4.98 Å². The molecule has 0 radical (unpaired) electrons. The SMILES string of the molecule is CN(C(=O)OC(C)(C)C)c1nc2c(cc(-c3cc(F)cc(C#N)c3)n2C[C@H]2COC(C)(C)O2)c2c1ncn2C. The third-order valence-electron chi connectivity index (χ3n) is 6.45. The first-order chi connectivity index (χ1) is 18.3. The number of halogens is 1. The van der Waals surface area contributed by atoms with Gasteiger partial charge in [-0.3, -0.25) is 4.90 Å². The quantitative estimate of drug-likeness (QED) is 0.357. The third-order valence-corrected chi connectivity index (χ3v) is 6.45. The van der Waals surface area contributed by atoms with Gasteiger partial charge in [-0.15, -0.1) is 0 Å². The number of nitrogens with zero attached hydrogens (tertiary/aromatic N) is 6. The lowest BCUT2D eigenvalue weighted by molar-refractivity contribution is -0.139. The van der Waals surface area contributed by atoms with Gasteiger partial charge in [-0.1, -0.05) is 0 Å². The number of hydrogen-bond donors (Lipinski definition) is 0. The first-order valence-corrected chi connectivity index (χ1v) is 12.6. The fourth-order valence-corrected chi connectivity index (χ4v) is 4.83. The highest BCUT2D eigenvalue weighted by atomic mass is 19.1. The standard InChI is InChI=1S/C28H31FN6O4/c1-27(2,3)39-26(36)34(7)25-22-23(33(6)15-31-22)20-11-21(17-8-16(12-30)9-18(29)10-17)35(24(20)32-25)13-19-14-37-28(4,5)38-19/h8-11,15,19H,13-14H2,1-7H3/t19-/m0/s1. The minimum Gasteiger partial charge on any atom is -0.443 e. The molecule has 11 heteroatoms. The van der Waals surface area contributed by atoms with E-state index >= 15 is 0 Å². The molecular weight excluding hydrogens is 503 g/mol. The van der Waals surface area contributed by atoms with E-state index in [0.717, 1.165) is 10.9 Å². The highest BCUT2D eigenvalue weighted by Gasteiger charge is 2.34. The third kappa shape index (κ3) is 5.05. The molecule has 0 saturated carbocycles. The van der Waals surface area contributed by atoms with Crippen LogP contribution in [-0.4, -0.2) is 56.3 Å². The van der Waals surface area contributed by atoms with Gasteiger partial charge in [-0.05, 0) is 58.9 Å². The first-order valence-electron chi connectivity index (χ1n) is 12.6. The summed E-state index contributed by atoms with van der Waals surface area (Å²) >= 11 is 0. The molecule has 1 aliphatic heterocycles. The zero-order valence-electron chi connectivity index (χ0n) is 23.1. The van der Waals surface area contributed by atoms with E-state index in [-0.39, 0.29) is 11.7 Å². The maximum atomic E-state index is 14.6. The van der Waals surface area contributed by atoms with Crippen molar-refractivity contribution in [2.24, 2.45) is 7.05 Å². The average Bonchev–Trinajstić information content (AvgIpc) is 3.51. The van der Waals surface area contributed by atoms with Gasteiger partial charge in [0.1, 0.15) is 28.7 Å². The lowest BCUT2D eigenvalue weighted by Crippen LogP contribution is -2.34. The largest absolute Gasteiger partial charge is 0.443 e. The van der Waals surface area contributed by atoms with Gasteiger partial charge in [0.15, 0.2) is 11.6 Å². The molecule has 4 heterocycles. The number of hydrogen-bond acceptors (Lipinski definition) is 7. The van der Waals surface area contributed by atoms with Crippen LogP contribution in [0.25, 0.3) is 33.3 Å². The van der Waals surface area contributed by atoms with Crippen molar-refractivity contribution in [2.45, 2.75) is 58.7 Å². The minimum atomic E-state index is -0.745. The van der Waals surface area contributed by atoms with E-state index in [4.69, 9.17) is 19.2 Å². The summed E-state index contributed by atoms with van der Waals surface area (Å²) in [7, 11) is 3.45. The number of rotatable bonds is 4. The van der Waals surface area contributed by atoms with Crippen molar-refractivity contribution in [2.75, 3.05) is 18.6 Å². The van der Waals surface area contributed by atoms with Gasteiger partial charge in [0, 0.05) is 25.0 Å². The molecule has 0 aliphatic carbocycles. The molecule has 1 aromatic carbocycles. The van der Waals surface area contributed by atoms with Crippen molar-refractivity contribution in [3.63, 3.8) is 0 Å². The van der Waals surface area contributed by atoms with Crippen molar-refractivity contribution in [1.82, 2.24) is 19.1 Å². The summed E-state index contributed by atoms with van der Waals surface area (Å²) in [5, 5.41) is 10.2. The van der Waals surface area contributed by atoms with Crippen LogP contribution in [0.15, 0.2) is 30.6 Å². The van der Waals surface area contributed by atoms with Gasteiger partial charge in [-0.2, -0.15) is 5.26 Å². The van der Waals surface area contributed by atoms with Gasteiger partial charge in [0.2, 0.25) is 0 Å². The second-order valence-corrected chi connectivity index (χ2v) is 11.2. The molecule has 0 N–H and O–H groups in total. The van der Waals surface area contributed by atoms with Gasteiger partial charge >= 0.3 is 6.09 Å². The van der Waals surface area contributed by atoms with Crippen LogP contribution in [0.1, 0.15) is 40.2 Å². The summed E-state index contributed by atoms with van der Waals surface area (Å²) in [6.07, 6.45) is 0.772. The van der Waals surface area contributed by atoms with Crippen LogP contribution in [-0.2, 0) is 27.8 Å². The first kappa shape index (κ1) is 26.6. The van der Waals surface area contributed by atoms with Gasteiger partial charge in [0.05, 0.1) is 42.3 Å². The van der Waals surface area contributed by atoms with Crippen LogP contribution in [0.2, 0.25) is 0 Å². The molecule has 0 bridgehead atoms. The predicted molar refractivity (Wildman–Crippen MR) is 144 cm³/mol. The monoisotopic (exact) mass is 534 g/mol. The Kier molecular flexibility index (Phi) is 6.36. The van der Waals surface area contributed by atoms with Gasteiger partial charge in [0.25, 0.3) is 0 Å². The summed E-state index contributed by atoms with van der Waals surface area (Å²) < 4.78 is 35.8. The molecule has 1 fully saturated rings. The Labute approximate surface area is 225 Å². The molecule has 1 atom stereocenters. The van der Waals surface area contributed by atoms with Crippen LogP contribution < -0.4 is 4.90 Å². The summed E-state index contributed by atoms with van der Waals surface area (Å²) in [6, 6.07) is 8.14. The number of carbonyl (C=O) groups is 1. The number of carbonyl (C=O) groups excluding carboxylic acids is 1. The lowest BCUT2D eigenvalue weighted by atomic mass is 10.1. The number of fused-ring (bicyclic) bond motifs is 3. The molecule has 204 valence electrons. The van der Waals surface area contributed by atoms with E-state index in [1.54, 1.807) is 40.2 Å². The van der Waals surface area contributed by atoms with Crippen LogP contribution in [0.4, 0.5) is 15.0 Å². The number of benzene rings is 1. The molecule has 1 aliphatic rings. The molecule has 10 nitrogen and oxygen atoms in total. The molecule has 0 unspecified atom stereocenters. The number of aryl methyl sites for hydroxylation is 1. The van der Waals surface area contributed by atoms with Crippen molar-refractivity contribution < 1.29 is 23.4 Å². The smallest absolute Gasteiger partial charge is 0.415 e. The zero-order chi connectivity index (χ0) is 28.3. The van der Waals surface area contributed by atoms with E-state index in [0.29, 0.717) is 41.4 Å². The van der Waals surface area contributed by atoms with Crippen molar-refractivity contribution in [3.8, 4) is 17.3 Å². The molecule has 1 amide bonds. The zero-order valence-corrected chi connectivity index (χ0v) is 23.1.